The number of benzene rings is 1. The fourth-order valence-corrected chi connectivity index (χ4v) is 2.76. The summed E-state index contributed by atoms with van der Waals surface area (Å²) in [7, 11) is 0. The summed E-state index contributed by atoms with van der Waals surface area (Å²) in [4.78, 5) is 14.5. The molecule has 5 heteroatoms. The van der Waals surface area contributed by atoms with Crippen LogP contribution in [0.3, 0.4) is 0 Å². The van der Waals surface area contributed by atoms with Crippen molar-refractivity contribution < 1.29 is 15.0 Å². The number of amides is 1. The van der Waals surface area contributed by atoms with Gasteiger partial charge in [0.25, 0.3) is 5.91 Å². The van der Waals surface area contributed by atoms with Crippen molar-refractivity contribution in [3.05, 3.63) is 23.8 Å². The molecule has 1 fully saturated rings. The van der Waals surface area contributed by atoms with Crippen LogP contribution in [-0.4, -0.2) is 47.2 Å². The topological polar surface area (TPSA) is 72.8 Å². The predicted molar refractivity (Wildman–Crippen MR) is 81.6 cm³/mol. The normalized spacial score (nSPS) is 15.9. The summed E-state index contributed by atoms with van der Waals surface area (Å²) in [6, 6.07) is 4.25. The molecule has 1 aromatic carbocycles. The SMILES string of the molecule is CCCN(CC1CCNCC1)C(=O)c1ccc(O)c(O)c1. The number of rotatable bonds is 5. The van der Waals surface area contributed by atoms with E-state index in [1.807, 2.05) is 4.90 Å². The molecular formula is C16H24N2O3. The largest absolute Gasteiger partial charge is 0.504 e. The number of hydrogen-bond acceptors (Lipinski definition) is 4. The number of phenolic OH excluding ortho intramolecular Hbond substituents is 2. The van der Waals surface area contributed by atoms with Crippen molar-refractivity contribution in [2.45, 2.75) is 26.2 Å². The van der Waals surface area contributed by atoms with Crippen LogP contribution in [-0.2, 0) is 0 Å². The zero-order valence-corrected chi connectivity index (χ0v) is 12.5. The monoisotopic (exact) mass is 292 g/mol. The van der Waals surface area contributed by atoms with E-state index in [2.05, 4.69) is 12.2 Å². The first-order chi connectivity index (χ1) is 10.1. The molecule has 1 aliphatic heterocycles. The second-order valence-electron chi connectivity index (χ2n) is 5.65. The van der Waals surface area contributed by atoms with Gasteiger partial charge in [0.05, 0.1) is 0 Å². The second kappa shape index (κ2) is 7.31. The first-order valence-corrected chi connectivity index (χ1v) is 7.63. The van der Waals surface area contributed by atoms with Crippen LogP contribution in [0.2, 0.25) is 0 Å². The molecule has 1 aromatic rings. The van der Waals surface area contributed by atoms with E-state index in [-0.39, 0.29) is 17.4 Å². The van der Waals surface area contributed by atoms with Crippen molar-refractivity contribution in [2.75, 3.05) is 26.2 Å². The minimum atomic E-state index is -0.251. The number of hydrogen-bond donors (Lipinski definition) is 3. The first kappa shape index (κ1) is 15.6. The van der Waals surface area contributed by atoms with Crippen molar-refractivity contribution in [1.82, 2.24) is 10.2 Å². The third kappa shape index (κ3) is 4.11. The van der Waals surface area contributed by atoms with Gasteiger partial charge in [-0.3, -0.25) is 4.79 Å². The van der Waals surface area contributed by atoms with Gasteiger partial charge in [0.1, 0.15) is 0 Å². The minimum Gasteiger partial charge on any atom is -0.504 e. The van der Waals surface area contributed by atoms with E-state index in [0.717, 1.165) is 38.9 Å². The number of nitrogens with one attached hydrogen (secondary N) is 1. The fraction of sp³-hybridized carbons (Fsp3) is 0.562. The van der Waals surface area contributed by atoms with Crippen LogP contribution >= 0.6 is 0 Å². The Balaban J connectivity index is 2.08. The van der Waals surface area contributed by atoms with Gasteiger partial charge in [0.15, 0.2) is 11.5 Å². The van der Waals surface area contributed by atoms with Gasteiger partial charge >= 0.3 is 0 Å². The van der Waals surface area contributed by atoms with Crippen molar-refractivity contribution in [3.63, 3.8) is 0 Å². The van der Waals surface area contributed by atoms with Crippen molar-refractivity contribution in [3.8, 4) is 11.5 Å². The van der Waals surface area contributed by atoms with E-state index in [0.29, 0.717) is 18.0 Å². The van der Waals surface area contributed by atoms with Crippen molar-refractivity contribution in [2.24, 2.45) is 5.92 Å². The van der Waals surface area contributed by atoms with E-state index >= 15 is 0 Å². The summed E-state index contributed by atoms with van der Waals surface area (Å²) < 4.78 is 0. The van der Waals surface area contributed by atoms with Crippen LogP contribution in [0.1, 0.15) is 36.5 Å². The van der Waals surface area contributed by atoms with Gasteiger partial charge in [-0.2, -0.15) is 0 Å². The maximum atomic E-state index is 12.6. The van der Waals surface area contributed by atoms with Gasteiger partial charge in [0, 0.05) is 18.7 Å². The molecule has 3 N–H and O–H groups in total. The van der Waals surface area contributed by atoms with Crippen LogP contribution in [0, 0.1) is 5.92 Å². The third-order valence-corrected chi connectivity index (χ3v) is 3.94. The second-order valence-corrected chi connectivity index (χ2v) is 5.65. The van der Waals surface area contributed by atoms with Crippen molar-refractivity contribution >= 4 is 5.91 Å². The Morgan fingerprint density at radius 1 is 1.29 bits per heavy atom. The first-order valence-electron chi connectivity index (χ1n) is 7.63. The Morgan fingerprint density at radius 3 is 2.62 bits per heavy atom. The quantitative estimate of drug-likeness (QED) is 0.725. The number of aromatic hydroxyl groups is 2. The molecule has 0 spiro atoms. The summed E-state index contributed by atoms with van der Waals surface area (Å²) in [5, 5.41) is 22.2. The highest BCUT2D eigenvalue weighted by atomic mass is 16.3. The van der Waals surface area contributed by atoms with Crippen molar-refractivity contribution in [1.29, 1.82) is 0 Å². The van der Waals surface area contributed by atoms with E-state index in [9.17, 15) is 15.0 Å². The van der Waals surface area contributed by atoms with E-state index in [1.165, 1.54) is 12.1 Å². The molecule has 2 rings (SSSR count). The number of piperidine rings is 1. The van der Waals surface area contributed by atoms with Gasteiger partial charge in [0.2, 0.25) is 0 Å². The lowest BCUT2D eigenvalue weighted by molar-refractivity contribution is 0.0716. The summed E-state index contributed by atoms with van der Waals surface area (Å²) in [5.74, 6) is 0.00394. The zero-order valence-electron chi connectivity index (χ0n) is 12.5. The lowest BCUT2D eigenvalue weighted by Gasteiger charge is -2.30. The Hall–Kier alpha value is -1.75. The molecule has 21 heavy (non-hydrogen) atoms. The average Bonchev–Trinajstić information content (AvgIpc) is 2.50. The number of carbonyl (C=O) groups excluding carboxylic acids is 1. The summed E-state index contributed by atoms with van der Waals surface area (Å²) in [5.41, 5.74) is 0.424. The molecule has 0 saturated carbocycles. The Kier molecular flexibility index (Phi) is 5.44. The van der Waals surface area contributed by atoms with Gasteiger partial charge < -0.3 is 20.4 Å². The molecule has 1 saturated heterocycles. The molecular weight excluding hydrogens is 268 g/mol. The smallest absolute Gasteiger partial charge is 0.254 e. The Bertz CT molecular complexity index is 484. The number of carbonyl (C=O) groups is 1. The van der Waals surface area contributed by atoms with E-state index < -0.39 is 0 Å². The molecule has 0 aliphatic carbocycles. The van der Waals surface area contributed by atoms with Gasteiger partial charge in [-0.05, 0) is 56.5 Å². The maximum Gasteiger partial charge on any atom is 0.254 e. The summed E-state index contributed by atoms with van der Waals surface area (Å²) in [6.45, 7) is 5.55. The Morgan fingerprint density at radius 2 is 2.00 bits per heavy atom. The van der Waals surface area contributed by atoms with Crippen LogP contribution < -0.4 is 5.32 Å². The third-order valence-electron chi connectivity index (χ3n) is 3.94. The van der Waals surface area contributed by atoms with E-state index in [4.69, 9.17) is 0 Å². The molecule has 1 aliphatic rings. The van der Waals surface area contributed by atoms with Crippen LogP contribution in [0.4, 0.5) is 0 Å². The van der Waals surface area contributed by atoms with Gasteiger partial charge in [-0.15, -0.1) is 0 Å². The highest BCUT2D eigenvalue weighted by molar-refractivity contribution is 5.94. The molecule has 5 nitrogen and oxygen atoms in total. The number of phenols is 2. The van der Waals surface area contributed by atoms with Gasteiger partial charge in [-0.25, -0.2) is 0 Å². The van der Waals surface area contributed by atoms with E-state index in [1.54, 1.807) is 6.07 Å². The molecule has 116 valence electrons. The van der Waals surface area contributed by atoms with Crippen LogP contribution in [0.5, 0.6) is 11.5 Å². The molecule has 0 unspecified atom stereocenters. The molecule has 0 bridgehead atoms. The zero-order chi connectivity index (χ0) is 15.2. The standard InChI is InChI=1S/C16H24N2O3/c1-2-9-18(11-12-5-7-17-8-6-12)16(21)13-3-4-14(19)15(20)10-13/h3-4,10,12,17,19-20H,2,5-9,11H2,1H3. The fourth-order valence-electron chi connectivity index (χ4n) is 2.76. The average molecular weight is 292 g/mol. The summed E-state index contributed by atoms with van der Waals surface area (Å²) in [6.07, 6.45) is 3.09. The summed E-state index contributed by atoms with van der Waals surface area (Å²) >= 11 is 0. The predicted octanol–water partition coefficient (Wildman–Crippen LogP) is 1.95. The Labute approximate surface area is 125 Å². The lowest BCUT2D eigenvalue weighted by Crippen LogP contribution is -2.39. The molecule has 0 aromatic heterocycles. The molecule has 0 radical (unpaired) electrons. The lowest BCUT2D eigenvalue weighted by atomic mass is 9.97. The minimum absolute atomic E-state index is 0.0781. The van der Waals surface area contributed by atoms with Crippen LogP contribution in [0.15, 0.2) is 18.2 Å². The molecule has 1 amide bonds. The highest BCUT2D eigenvalue weighted by Crippen LogP contribution is 2.26. The molecule has 1 heterocycles. The van der Waals surface area contributed by atoms with Crippen LogP contribution in [0.25, 0.3) is 0 Å². The molecule has 0 atom stereocenters. The highest BCUT2D eigenvalue weighted by Gasteiger charge is 2.21. The maximum absolute atomic E-state index is 12.6. The number of nitrogens with zero attached hydrogens (tertiary/aromatic N) is 1. The van der Waals surface area contributed by atoms with Gasteiger partial charge in [-0.1, -0.05) is 6.92 Å².